The van der Waals surface area contributed by atoms with Crippen LogP contribution in [0.1, 0.15) is 33.1 Å². The van der Waals surface area contributed by atoms with E-state index in [0.29, 0.717) is 16.1 Å². The van der Waals surface area contributed by atoms with E-state index in [1.54, 1.807) is 6.07 Å². The van der Waals surface area contributed by atoms with Crippen LogP contribution in [-0.4, -0.2) is 40.8 Å². The summed E-state index contributed by atoms with van der Waals surface area (Å²) in [6.45, 7) is 6.04. The van der Waals surface area contributed by atoms with Gasteiger partial charge in [0.15, 0.2) is 5.16 Å². The van der Waals surface area contributed by atoms with Crippen LogP contribution < -0.4 is 10.2 Å². The zero-order chi connectivity index (χ0) is 15.2. The molecule has 1 atom stereocenters. The molecule has 0 bridgehead atoms. The van der Waals surface area contributed by atoms with Gasteiger partial charge in [0.25, 0.3) is 0 Å². The zero-order valence-corrected chi connectivity index (χ0v) is 14.0. The van der Waals surface area contributed by atoms with Crippen molar-refractivity contribution in [2.24, 2.45) is 0 Å². The Hall–Kier alpha value is -1.01. The highest BCUT2D eigenvalue weighted by atomic mass is 35.5. The van der Waals surface area contributed by atoms with E-state index in [-0.39, 0.29) is 11.9 Å². The molecule has 21 heavy (non-hydrogen) atoms. The third kappa shape index (κ3) is 5.04. The van der Waals surface area contributed by atoms with Crippen LogP contribution >= 0.6 is 23.4 Å². The van der Waals surface area contributed by atoms with E-state index in [4.69, 9.17) is 11.6 Å². The maximum atomic E-state index is 11.8. The van der Waals surface area contributed by atoms with Crippen molar-refractivity contribution in [1.29, 1.82) is 0 Å². The number of aromatic nitrogens is 2. The molecular weight excluding hydrogens is 308 g/mol. The molecule has 1 aromatic rings. The largest absolute Gasteiger partial charge is 0.356 e. The smallest absolute Gasteiger partial charge is 0.230 e. The Balaban J connectivity index is 1.95. The minimum Gasteiger partial charge on any atom is -0.356 e. The maximum Gasteiger partial charge on any atom is 0.230 e. The van der Waals surface area contributed by atoms with E-state index in [2.05, 4.69) is 20.2 Å². The lowest BCUT2D eigenvalue weighted by atomic mass is 10.3. The summed E-state index contributed by atoms with van der Waals surface area (Å²) in [5.41, 5.74) is 0. The quantitative estimate of drug-likeness (QED) is 0.494. The average molecular weight is 329 g/mol. The fourth-order valence-electron chi connectivity index (χ4n) is 2.11. The molecule has 0 aromatic carbocycles. The lowest BCUT2D eigenvalue weighted by molar-refractivity contribution is -0.119. The highest BCUT2D eigenvalue weighted by Crippen LogP contribution is 2.24. The predicted molar refractivity (Wildman–Crippen MR) is 87.1 cm³/mol. The molecule has 0 saturated carbocycles. The van der Waals surface area contributed by atoms with Crippen LogP contribution in [0.2, 0.25) is 5.15 Å². The molecule has 2 rings (SSSR count). The topological polar surface area (TPSA) is 58.1 Å². The first kappa shape index (κ1) is 16.4. The zero-order valence-electron chi connectivity index (χ0n) is 12.4. The summed E-state index contributed by atoms with van der Waals surface area (Å²) < 4.78 is 0. The molecule has 1 fully saturated rings. The molecule has 116 valence electrons. The van der Waals surface area contributed by atoms with E-state index in [1.165, 1.54) is 24.6 Å². The molecule has 1 N–H and O–H groups in total. The molecule has 0 radical (unpaired) electrons. The standard InChI is InChI=1S/C14H21ClN4OS/c1-3-10(2)16-13(20)9-21-14-17-11(15)8-12(18-14)19-6-4-5-7-19/h8,10H,3-7,9H2,1-2H3,(H,16,20). The SMILES string of the molecule is CCC(C)NC(=O)CSc1nc(Cl)cc(N2CCCC2)n1. The van der Waals surface area contributed by atoms with Gasteiger partial charge in [-0.2, -0.15) is 0 Å². The van der Waals surface area contributed by atoms with Gasteiger partial charge in [-0.15, -0.1) is 0 Å². The molecule has 1 saturated heterocycles. The molecule has 1 unspecified atom stereocenters. The second-order valence-electron chi connectivity index (χ2n) is 5.19. The summed E-state index contributed by atoms with van der Waals surface area (Å²) in [5.74, 6) is 1.17. The van der Waals surface area contributed by atoms with Gasteiger partial charge in [-0.05, 0) is 26.2 Å². The van der Waals surface area contributed by atoms with E-state index in [9.17, 15) is 4.79 Å². The Morgan fingerprint density at radius 2 is 2.19 bits per heavy atom. The molecule has 7 heteroatoms. The normalized spacial score (nSPS) is 16.0. The van der Waals surface area contributed by atoms with Gasteiger partial charge in [0.05, 0.1) is 5.75 Å². The second-order valence-corrected chi connectivity index (χ2v) is 6.52. The van der Waals surface area contributed by atoms with Gasteiger partial charge < -0.3 is 10.2 Å². The number of nitrogens with zero attached hydrogens (tertiary/aromatic N) is 3. The molecule has 1 amide bonds. The van der Waals surface area contributed by atoms with Crippen molar-refractivity contribution >= 4 is 35.1 Å². The number of amides is 1. The van der Waals surface area contributed by atoms with Gasteiger partial charge in [-0.3, -0.25) is 4.79 Å². The molecule has 5 nitrogen and oxygen atoms in total. The molecule has 1 aromatic heterocycles. The third-order valence-corrected chi connectivity index (χ3v) is 4.48. The number of halogens is 1. The Labute approximate surface area is 134 Å². The van der Waals surface area contributed by atoms with Crippen LogP contribution in [0, 0.1) is 0 Å². The number of anilines is 1. The van der Waals surface area contributed by atoms with Crippen molar-refractivity contribution in [1.82, 2.24) is 15.3 Å². The summed E-state index contributed by atoms with van der Waals surface area (Å²) >= 11 is 7.38. The fraction of sp³-hybridized carbons (Fsp3) is 0.643. The van der Waals surface area contributed by atoms with Crippen LogP contribution in [0.4, 0.5) is 5.82 Å². The summed E-state index contributed by atoms with van der Waals surface area (Å²) in [6.07, 6.45) is 3.28. The van der Waals surface area contributed by atoms with Gasteiger partial charge >= 0.3 is 0 Å². The van der Waals surface area contributed by atoms with Crippen LogP contribution in [0.3, 0.4) is 0 Å². The third-order valence-electron chi connectivity index (χ3n) is 3.44. The summed E-state index contributed by atoms with van der Waals surface area (Å²) in [6, 6.07) is 1.98. The predicted octanol–water partition coefficient (Wildman–Crippen LogP) is 2.74. The summed E-state index contributed by atoms with van der Waals surface area (Å²) in [4.78, 5) is 22.7. The second kappa shape index (κ2) is 7.84. The van der Waals surface area contributed by atoms with E-state index < -0.39 is 0 Å². The van der Waals surface area contributed by atoms with E-state index >= 15 is 0 Å². The highest BCUT2D eigenvalue weighted by molar-refractivity contribution is 7.99. The maximum absolute atomic E-state index is 11.8. The van der Waals surface area contributed by atoms with Crippen molar-refractivity contribution in [2.75, 3.05) is 23.7 Å². The van der Waals surface area contributed by atoms with Gasteiger partial charge in [-0.1, -0.05) is 30.3 Å². The van der Waals surface area contributed by atoms with Gasteiger partial charge in [0.2, 0.25) is 5.91 Å². The summed E-state index contributed by atoms with van der Waals surface area (Å²) in [7, 11) is 0. The number of thioether (sulfide) groups is 1. The number of carbonyl (C=O) groups is 1. The number of nitrogens with one attached hydrogen (secondary N) is 1. The van der Waals surface area contributed by atoms with Gasteiger partial charge in [0.1, 0.15) is 11.0 Å². The Morgan fingerprint density at radius 1 is 1.48 bits per heavy atom. The van der Waals surface area contributed by atoms with Gasteiger partial charge in [-0.25, -0.2) is 9.97 Å². The molecular formula is C14H21ClN4OS. The van der Waals surface area contributed by atoms with Crippen LogP contribution in [0.25, 0.3) is 0 Å². The van der Waals surface area contributed by atoms with Crippen LogP contribution in [0.15, 0.2) is 11.2 Å². The number of hydrogen-bond acceptors (Lipinski definition) is 5. The number of carbonyl (C=O) groups excluding carboxylic acids is 1. The Morgan fingerprint density at radius 3 is 2.86 bits per heavy atom. The first-order valence-corrected chi connectivity index (χ1v) is 8.66. The van der Waals surface area contributed by atoms with Crippen molar-refractivity contribution in [3.63, 3.8) is 0 Å². The van der Waals surface area contributed by atoms with E-state index in [1.807, 2.05) is 13.8 Å². The monoisotopic (exact) mass is 328 g/mol. The van der Waals surface area contributed by atoms with Gasteiger partial charge in [0, 0.05) is 25.2 Å². The number of rotatable bonds is 6. The number of hydrogen-bond donors (Lipinski definition) is 1. The van der Waals surface area contributed by atoms with E-state index in [0.717, 1.165) is 25.3 Å². The van der Waals surface area contributed by atoms with Crippen LogP contribution in [-0.2, 0) is 4.79 Å². The molecule has 1 aliphatic heterocycles. The fourth-order valence-corrected chi connectivity index (χ4v) is 3.00. The lowest BCUT2D eigenvalue weighted by Gasteiger charge is -2.17. The lowest BCUT2D eigenvalue weighted by Crippen LogP contribution is -2.33. The molecule has 1 aliphatic rings. The van der Waals surface area contributed by atoms with Crippen LogP contribution in [0.5, 0.6) is 0 Å². The molecule has 0 aliphatic carbocycles. The molecule has 2 heterocycles. The highest BCUT2D eigenvalue weighted by Gasteiger charge is 2.16. The Kier molecular flexibility index (Phi) is 6.11. The van der Waals surface area contributed by atoms with Crippen molar-refractivity contribution in [2.45, 2.75) is 44.3 Å². The molecule has 0 spiro atoms. The first-order valence-electron chi connectivity index (χ1n) is 7.30. The van der Waals surface area contributed by atoms with Crippen molar-refractivity contribution in [3.8, 4) is 0 Å². The summed E-state index contributed by atoms with van der Waals surface area (Å²) in [5, 5.41) is 3.91. The minimum absolute atomic E-state index is 0.000600. The minimum atomic E-state index is 0.000600. The van der Waals surface area contributed by atoms with Crippen molar-refractivity contribution < 1.29 is 4.79 Å². The average Bonchev–Trinajstić information content (AvgIpc) is 2.98. The first-order chi connectivity index (χ1) is 10.1. The Bertz CT molecular complexity index is 494. The van der Waals surface area contributed by atoms with Crippen molar-refractivity contribution in [3.05, 3.63) is 11.2 Å².